The minimum atomic E-state index is 0. The van der Waals surface area contributed by atoms with Crippen LogP contribution in [-0.4, -0.2) is 12.0 Å². The number of nitrogens with two attached hydrogens (primary N) is 1. The van der Waals surface area contributed by atoms with Gasteiger partial charge in [-0.15, -0.1) is 17.9 Å². The van der Waals surface area contributed by atoms with E-state index >= 15 is 0 Å². The first kappa shape index (κ1) is 19.9. The topological polar surface area (TPSA) is 60.5 Å². The van der Waals surface area contributed by atoms with Gasteiger partial charge in [0.05, 0.1) is 5.69 Å². The van der Waals surface area contributed by atoms with Crippen molar-refractivity contribution >= 4 is 11.3 Å². The van der Waals surface area contributed by atoms with Crippen molar-refractivity contribution in [2.75, 3.05) is 7.05 Å². The van der Waals surface area contributed by atoms with E-state index in [4.69, 9.17) is 4.98 Å². The first-order valence-electron chi connectivity index (χ1n) is 6.11. The number of rotatable bonds is 3. The zero-order valence-corrected chi connectivity index (χ0v) is 16.2. The average Bonchev–Trinajstić information content (AvgIpc) is 2.78. The first-order chi connectivity index (χ1) is 8.50. The number of thiazole rings is 1. The quantitative estimate of drug-likeness (QED) is 0.726. The van der Waals surface area contributed by atoms with Gasteiger partial charge in [0.2, 0.25) is 0 Å². The van der Waals surface area contributed by atoms with Crippen LogP contribution >= 0.6 is 11.3 Å². The summed E-state index contributed by atoms with van der Waals surface area (Å²) in [5.74, 6) is 0. The third kappa shape index (κ3) is 5.01. The predicted octanol–water partition coefficient (Wildman–Crippen LogP) is 5.33. The summed E-state index contributed by atoms with van der Waals surface area (Å²) in [5.41, 5.74) is 3.71. The van der Waals surface area contributed by atoms with Crippen LogP contribution in [0, 0.1) is 0 Å². The van der Waals surface area contributed by atoms with Crippen LogP contribution in [0.5, 0.6) is 0 Å². The van der Waals surface area contributed by atoms with E-state index in [2.05, 4.69) is 55.7 Å². The van der Waals surface area contributed by atoms with Gasteiger partial charge in [-0.1, -0.05) is 50.6 Å². The molecular weight excluding hydrogens is 343 g/mol. The van der Waals surface area contributed by atoms with E-state index in [0.29, 0.717) is 0 Å². The van der Waals surface area contributed by atoms with Crippen molar-refractivity contribution in [3.8, 4) is 10.6 Å². The third-order valence-corrected chi connectivity index (χ3v) is 3.68. The van der Waals surface area contributed by atoms with Gasteiger partial charge in [-0.05, 0) is 0 Å². The second kappa shape index (κ2) is 8.35. The molecule has 2 N–H and O–H groups in total. The maximum absolute atomic E-state index is 4.74. The Morgan fingerprint density at radius 3 is 2.50 bits per heavy atom. The van der Waals surface area contributed by atoms with Crippen molar-refractivity contribution in [1.82, 2.24) is 4.98 Å². The van der Waals surface area contributed by atoms with Crippen LogP contribution < -0.4 is 0 Å². The van der Waals surface area contributed by atoms with Gasteiger partial charge in [-0.3, -0.25) is 0 Å². The van der Waals surface area contributed by atoms with Crippen molar-refractivity contribution in [2.45, 2.75) is 32.7 Å². The molecule has 0 fully saturated rings. The maximum atomic E-state index is 4.74. The smallest absolute Gasteiger partial charge is 0.123 e. The van der Waals surface area contributed by atoms with E-state index in [-0.39, 0.29) is 44.3 Å². The second-order valence-electron chi connectivity index (χ2n) is 5.46. The fourth-order valence-corrected chi connectivity index (χ4v) is 2.78. The zero-order chi connectivity index (χ0) is 13.2. The predicted molar refractivity (Wildman–Crippen MR) is 84.5 cm³/mol. The molecule has 0 aliphatic heterocycles. The molecule has 0 bridgehead atoms. The van der Waals surface area contributed by atoms with E-state index in [1.807, 2.05) is 7.05 Å². The van der Waals surface area contributed by atoms with Gasteiger partial charge < -0.3 is 11.5 Å². The Bertz CT molecular complexity index is 532. The minimum absolute atomic E-state index is 0. The van der Waals surface area contributed by atoms with Crippen LogP contribution in [0.25, 0.3) is 22.0 Å². The first-order valence-corrected chi connectivity index (χ1v) is 6.99. The fraction of sp³-hybridized carbons (Fsp3) is 0.400. The van der Waals surface area contributed by atoms with E-state index in [9.17, 15) is 0 Å². The molecule has 0 saturated carbocycles. The molecule has 1 aromatic heterocycles. The molecule has 2 aromatic rings. The van der Waals surface area contributed by atoms with Crippen LogP contribution in [-0.2, 0) is 44.7 Å². The molecule has 0 spiro atoms. The summed E-state index contributed by atoms with van der Waals surface area (Å²) in [5, 5.41) is 7.42. The Balaban J connectivity index is 0.00000180. The van der Waals surface area contributed by atoms with Crippen LogP contribution in [0.15, 0.2) is 29.6 Å². The number of benzene rings is 1. The summed E-state index contributed by atoms with van der Waals surface area (Å²) in [6.07, 6.45) is 0. The summed E-state index contributed by atoms with van der Waals surface area (Å²) < 4.78 is 0. The molecule has 2 rings (SSSR count). The van der Waals surface area contributed by atoms with Gasteiger partial charge >= 0.3 is 0 Å². The summed E-state index contributed by atoms with van der Waals surface area (Å²) in [6, 6.07) is 8.48. The molecule has 107 valence electrons. The SMILES string of the molecule is C[N-]Cc1cccc(-c2nc(C(C)(C)C)cs2)c1.[NH2-].[Y]. The number of hydrogen-bond donors (Lipinski definition) is 0. The Labute approximate surface area is 151 Å². The number of aromatic nitrogens is 1. The Kier molecular flexibility index (Phi) is 8.30. The molecular formula is C15H21N3SY-2. The Morgan fingerprint density at radius 2 is 1.95 bits per heavy atom. The van der Waals surface area contributed by atoms with Crippen molar-refractivity contribution in [1.29, 1.82) is 0 Å². The third-order valence-electron chi connectivity index (χ3n) is 2.79. The number of hydrogen-bond acceptors (Lipinski definition) is 2. The molecule has 0 saturated heterocycles. The van der Waals surface area contributed by atoms with Crippen LogP contribution in [0.4, 0.5) is 0 Å². The van der Waals surface area contributed by atoms with E-state index < -0.39 is 0 Å². The van der Waals surface area contributed by atoms with Gasteiger partial charge in [0.15, 0.2) is 0 Å². The molecule has 0 aliphatic rings. The van der Waals surface area contributed by atoms with Crippen molar-refractivity contribution < 1.29 is 32.7 Å². The molecule has 1 heterocycles. The largest absolute Gasteiger partial charge is 0.693 e. The van der Waals surface area contributed by atoms with Crippen LogP contribution in [0.2, 0.25) is 0 Å². The van der Waals surface area contributed by atoms with Crippen LogP contribution in [0.1, 0.15) is 32.0 Å². The molecule has 0 aliphatic carbocycles. The van der Waals surface area contributed by atoms with Crippen molar-refractivity contribution in [3.63, 3.8) is 0 Å². The minimum Gasteiger partial charge on any atom is -0.693 e. The van der Waals surface area contributed by atoms with Gasteiger partial charge in [0, 0.05) is 49.1 Å². The molecule has 1 radical (unpaired) electrons. The van der Waals surface area contributed by atoms with Gasteiger partial charge in [0.1, 0.15) is 5.01 Å². The molecule has 0 unspecified atom stereocenters. The summed E-state index contributed by atoms with van der Waals surface area (Å²) in [6.45, 7) is 7.35. The average molecular weight is 364 g/mol. The van der Waals surface area contributed by atoms with Gasteiger partial charge in [-0.2, -0.15) is 7.05 Å². The monoisotopic (exact) mass is 364 g/mol. The van der Waals surface area contributed by atoms with Gasteiger partial charge in [0.25, 0.3) is 0 Å². The second-order valence-corrected chi connectivity index (χ2v) is 6.32. The van der Waals surface area contributed by atoms with E-state index in [0.717, 1.165) is 17.2 Å². The standard InChI is InChI=1S/C15H19N2S.H2N.Y/c1-15(2,3)13-10-18-14(17-13)12-7-5-6-11(8-12)9-16-4;;/h5-8,10H,9H2,1-4H3;1H2;/q2*-1;. The fourth-order valence-electron chi connectivity index (χ4n) is 1.74. The molecule has 1 aromatic carbocycles. The van der Waals surface area contributed by atoms with Crippen molar-refractivity contribution in [2.24, 2.45) is 0 Å². The van der Waals surface area contributed by atoms with Crippen molar-refractivity contribution in [3.05, 3.63) is 52.4 Å². The summed E-state index contributed by atoms with van der Waals surface area (Å²) in [4.78, 5) is 4.74. The molecule has 0 atom stereocenters. The Hall–Kier alpha value is -0.126. The maximum Gasteiger partial charge on any atom is 0.123 e. The van der Waals surface area contributed by atoms with Gasteiger partial charge in [-0.25, -0.2) is 4.98 Å². The van der Waals surface area contributed by atoms with Crippen LogP contribution in [0.3, 0.4) is 0 Å². The normalized spacial score (nSPS) is 10.6. The zero-order valence-electron chi connectivity index (χ0n) is 12.6. The molecule has 3 nitrogen and oxygen atoms in total. The Morgan fingerprint density at radius 1 is 1.25 bits per heavy atom. The van der Waals surface area contributed by atoms with E-state index in [1.54, 1.807) is 11.3 Å². The summed E-state index contributed by atoms with van der Waals surface area (Å²) in [7, 11) is 1.84. The van der Waals surface area contributed by atoms with E-state index in [1.165, 1.54) is 11.1 Å². The summed E-state index contributed by atoms with van der Waals surface area (Å²) >= 11 is 1.71. The molecule has 0 amide bonds. The molecule has 5 heteroatoms. The molecule has 20 heavy (non-hydrogen) atoms. The number of nitrogens with zero attached hydrogens (tertiary/aromatic N) is 2.